The number of nitrogens with zero attached hydrogens (tertiary/aromatic N) is 2. The number of hydrogen-bond donors (Lipinski definition) is 0. The topological polar surface area (TPSA) is 42.0 Å². The van der Waals surface area contributed by atoms with Gasteiger partial charge in [-0.2, -0.15) is 0 Å². The highest BCUT2D eigenvalue weighted by molar-refractivity contribution is 5.78. The van der Waals surface area contributed by atoms with Crippen LogP contribution in [-0.4, -0.2) is 74.4 Å². The van der Waals surface area contributed by atoms with Gasteiger partial charge in [0.25, 0.3) is 0 Å². The molecule has 0 N–H and O–H groups in total. The normalized spacial score (nSPS) is 30.8. The van der Waals surface area contributed by atoms with Gasteiger partial charge in [0, 0.05) is 31.2 Å². The van der Waals surface area contributed by atoms with E-state index in [1.165, 1.54) is 25.7 Å². The molecule has 2 atom stereocenters. The summed E-state index contributed by atoms with van der Waals surface area (Å²) in [5.41, 5.74) is 0.316. The van der Waals surface area contributed by atoms with Crippen LogP contribution >= 0.6 is 0 Å². The highest BCUT2D eigenvalue weighted by Crippen LogP contribution is 2.56. The number of ether oxygens (including phenoxy) is 2. The number of likely N-dealkylation sites (N-methyl/N-ethyl adjacent to an activating group) is 1. The maximum Gasteiger partial charge on any atom is 0.236 e. The van der Waals surface area contributed by atoms with E-state index in [1.54, 1.807) is 0 Å². The smallest absolute Gasteiger partial charge is 0.236 e. The highest BCUT2D eigenvalue weighted by atomic mass is 16.5. The Bertz CT molecular complexity index is 389. The summed E-state index contributed by atoms with van der Waals surface area (Å²) in [6.07, 6.45) is 6.64. The molecule has 1 aliphatic heterocycles. The van der Waals surface area contributed by atoms with Crippen molar-refractivity contribution >= 4 is 5.91 Å². The maximum absolute atomic E-state index is 12.5. The molecule has 2 aliphatic carbocycles. The minimum Gasteiger partial charge on any atom is -0.378 e. The van der Waals surface area contributed by atoms with E-state index in [2.05, 4.69) is 18.9 Å². The van der Waals surface area contributed by atoms with Crippen molar-refractivity contribution in [3.05, 3.63) is 0 Å². The van der Waals surface area contributed by atoms with Gasteiger partial charge in [-0.25, -0.2) is 0 Å². The molecule has 0 unspecified atom stereocenters. The molecule has 2 saturated carbocycles. The van der Waals surface area contributed by atoms with Gasteiger partial charge in [0.1, 0.15) is 0 Å². The molecule has 0 aromatic rings. The lowest BCUT2D eigenvalue weighted by atomic mass is 9.60. The number of amides is 1. The predicted octanol–water partition coefficient (Wildman–Crippen LogP) is 1.51. The Kier molecular flexibility index (Phi) is 5.05. The van der Waals surface area contributed by atoms with E-state index in [0.29, 0.717) is 37.3 Å². The van der Waals surface area contributed by atoms with Crippen molar-refractivity contribution in [1.82, 2.24) is 9.80 Å². The van der Waals surface area contributed by atoms with Crippen molar-refractivity contribution in [2.24, 2.45) is 5.41 Å². The summed E-state index contributed by atoms with van der Waals surface area (Å²) >= 11 is 0. The van der Waals surface area contributed by atoms with E-state index in [4.69, 9.17) is 9.47 Å². The number of carbonyl (C=O) groups excluding carboxylic acids is 1. The molecule has 3 rings (SSSR count). The molecule has 1 saturated heterocycles. The summed E-state index contributed by atoms with van der Waals surface area (Å²) in [4.78, 5) is 16.7. The Morgan fingerprint density at radius 2 is 2.00 bits per heavy atom. The van der Waals surface area contributed by atoms with Crippen LogP contribution < -0.4 is 0 Å². The molecular formula is C17H30N2O3. The number of morpholine rings is 1. The van der Waals surface area contributed by atoms with Crippen LogP contribution in [0.15, 0.2) is 0 Å². The highest BCUT2D eigenvalue weighted by Gasteiger charge is 2.58. The Labute approximate surface area is 133 Å². The van der Waals surface area contributed by atoms with Gasteiger partial charge >= 0.3 is 0 Å². The fraction of sp³-hybridized carbons (Fsp3) is 0.941. The van der Waals surface area contributed by atoms with Gasteiger partial charge in [-0.1, -0.05) is 12.8 Å². The zero-order valence-corrected chi connectivity index (χ0v) is 14.1. The number of hydrogen-bond acceptors (Lipinski definition) is 4. The Morgan fingerprint density at radius 1 is 1.32 bits per heavy atom. The van der Waals surface area contributed by atoms with Crippen molar-refractivity contribution < 1.29 is 14.3 Å². The summed E-state index contributed by atoms with van der Waals surface area (Å²) in [5, 5.41) is 0. The molecule has 126 valence electrons. The quantitative estimate of drug-likeness (QED) is 0.772. The maximum atomic E-state index is 12.5. The minimum atomic E-state index is 0.249. The van der Waals surface area contributed by atoms with E-state index in [9.17, 15) is 4.79 Å². The van der Waals surface area contributed by atoms with Crippen LogP contribution in [-0.2, 0) is 14.3 Å². The molecule has 3 fully saturated rings. The van der Waals surface area contributed by atoms with Crippen LogP contribution in [0.25, 0.3) is 0 Å². The first-order valence-electron chi connectivity index (χ1n) is 8.85. The van der Waals surface area contributed by atoms with Crippen LogP contribution in [0.1, 0.15) is 39.0 Å². The second-order valence-corrected chi connectivity index (χ2v) is 7.04. The van der Waals surface area contributed by atoms with Crippen LogP contribution in [0.3, 0.4) is 0 Å². The van der Waals surface area contributed by atoms with Gasteiger partial charge in [-0.3, -0.25) is 9.69 Å². The van der Waals surface area contributed by atoms with Crippen LogP contribution in [0, 0.1) is 5.41 Å². The lowest BCUT2D eigenvalue weighted by Crippen LogP contribution is -2.64. The fourth-order valence-corrected chi connectivity index (χ4v) is 4.71. The summed E-state index contributed by atoms with van der Waals surface area (Å²) < 4.78 is 11.3. The first kappa shape index (κ1) is 16.2. The van der Waals surface area contributed by atoms with Crippen molar-refractivity contribution in [3.8, 4) is 0 Å². The van der Waals surface area contributed by atoms with Crippen molar-refractivity contribution in [2.75, 3.05) is 46.5 Å². The lowest BCUT2D eigenvalue weighted by Gasteiger charge is -2.57. The summed E-state index contributed by atoms with van der Waals surface area (Å²) in [6, 6.07) is 0.511. The van der Waals surface area contributed by atoms with Crippen LogP contribution in [0.5, 0.6) is 0 Å². The number of rotatable bonds is 5. The molecule has 3 aliphatic rings. The molecule has 1 amide bonds. The first-order valence-corrected chi connectivity index (χ1v) is 8.85. The van der Waals surface area contributed by atoms with E-state index < -0.39 is 0 Å². The SMILES string of the molecule is CCO[C@@H]1C[C@@H](N(C)CC(=O)N2CCOCC2)C12CCCC2. The summed E-state index contributed by atoms with van der Waals surface area (Å²) in [5.74, 6) is 0.249. The van der Waals surface area contributed by atoms with Crippen LogP contribution in [0.4, 0.5) is 0 Å². The van der Waals surface area contributed by atoms with E-state index in [-0.39, 0.29) is 5.91 Å². The molecule has 1 heterocycles. The van der Waals surface area contributed by atoms with Gasteiger partial charge in [0.05, 0.1) is 25.9 Å². The molecule has 0 radical (unpaired) electrons. The van der Waals surface area contributed by atoms with Gasteiger partial charge < -0.3 is 14.4 Å². The second kappa shape index (κ2) is 6.85. The third-order valence-corrected chi connectivity index (χ3v) is 5.93. The Morgan fingerprint density at radius 3 is 2.64 bits per heavy atom. The fourth-order valence-electron chi connectivity index (χ4n) is 4.71. The standard InChI is InChI=1S/C17H30N2O3/c1-3-22-15-12-14(17(15)6-4-5-7-17)18(2)13-16(20)19-8-10-21-11-9-19/h14-15H,3-13H2,1-2H3/t14-,15-/m1/s1. The van der Waals surface area contributed by atoms with Gasteiger partial charge in [-0.05, 0) is 33.2 Å². The van der Waals surface area contributed by atoms with Crippen molar-refractivity contribution in [3.63, 3.8) is 0 Å². The number of carbonyl (C=O) groups is 1. The van der Waals surface area contributed by atoms with Crippen molar-refractivity contribution in [2.45, 2.75) is 51.2 Å². The molecule has 5 heteroatoms. The third kappa shape index (κ3) is 2.91. The molecule has 5 nitrogen and oxygen atoms in total. The zero-order chi connectivity index (χ0) is 15.6. The monoisotopic (exact) mass is 310 g/mol. The summed E-state index contributed by atoms with van der Waals surface area (Å²) in [6.45, 7) is 6.25. The van der Waals surface area contributed by atoms with Gasteiger partial charge in [0.2, 0.25) is 5.91 Å². The molecule has 22 heavy (non-hydrogen) atoms. The minimum absolute atomic E-state index is 0.249. The second-order valence-electron chi connectivity index (χ2n) is 7.04. The van der Waals surface area contributed by atoms with Gasteiger partial charge in [0.15, 0.2) is 0 Å². The molecule has 0 bridgehead atoms. The van der Waals surface area contributed by atoms with Gasteiger partial charge in [-0.15, -0.1) is 0 Å². The molecular weight excluding hydrogens is 280 g/mol. The first-order chi connectivity index (χ1) is 10.7. The van der Waals surface area contributed by atoms with E-state index in [1.807, 2.05) is 4.90 Å². The van der Waals surface area contributed by atoms with Crippen molar-refractivity contribution in [1.29, 1.82) is 0 Å². The zero-order valence-electron chi connectivity index (χ0n) is 14.1. The van der Waals surface area contributed by atoms with E-state index in [0.717, 1.165) is 26.1 Å². The summed E-state index contributed by atoms with van der Waals surface area (Å²) in [7, 11) is 2.12. The molecule has 0 aromatic carbocycles. The predicted molar refractivity (Wildman–Crippen MR) is 84.7 cm³/mol. The third-order valence-electron chi connectivity index (χ3n) is 5.93. The average Bonchev–Trinajstić information content (AvgIpc) is 3.04. The Hall–Kier alpha value is -0.650. The lowest BCUT2D eigenvalue weighted by molar-refractivity contribution is -0.166. The molecule has 1 spiro atoms. The largest absolute Gasteiger partial charge is 0.378 e. The average molecular weight is 310 g/mol. The molecule has 0 aromatic heterocycles. The Balaban J connectivity index is 1.57. The van der Waals surface area contributed by atoms with E-state index >= 15 is 0 Å². The van der Waals surface area contributed by atoms with Crippen LogP contribution in [0.2, 0.25) is 0 Å².